The summed E-state index contributed by atoms with van der Waals surface area (Å²) in [5.41, 5.74) is 2.71. The summed E-state index contributed by atoms with van der Waals surface area (Å²) in [4.78, 5) is 16.5. The molecule has 5 heteroatoms. The Kier molecular flexibility index (Phi) is 5.18. The van der Waals surface area contributed by atoms with E-state index in [0.717, 1.165) is 39.0 Å². The van der Waals surface area contributed by atoms with Gasteiger partial charge in [-0.2, -0.15) is 0 Å². The van der Waals surface area contributed by atoms with Gasteiger partial charge in [-0.3, -0.25) is 9.69 Å². The number of carbonyl (C=O) groups excluding carboxylic acids is 1. The van der Waals surface area contributed by atoms with E-state index >= 15 is 0 Å². The number of nitrogens with one attached hydrogen (secondary N) is 1. The third-order valence-corrected chi connectivity index (χ3v) is 5.05. The fourth-order valence-electron chi connectivity index (χ4n) is 3.63. The number of hydrogen-bond acceptors (Lipinski definition) is 4. The normalized spacial score (nSPS) is 22.2. The zero-order chi connectivity index (χ0) is 16.2. The van der Waals surface area contributed by atoms with Crippen LogP contribution in [0.3, 0.4) is 0 Å². The summed E-state index contributed by atoms with van der Waals surface area (Å²) in [6.45, 7) is 6.59. The van der Waals surface area contributed by atoms with Crippen LogP contribution in [0.25, 0.3) is 0 Å². The lowest BCUT2D eigenvalue weighted by Gasteiger charge is -2.20. The van der Waals surface area contributed by atoms with E-state index < -0.39 is 0 Å². The summed E-state index contributed by atoms with van der Waals surface area (Å²) in [6.07, 6.45) is 1.80. The van der Waals surface area contributed by atoms with Gasteiger partial charge in [0.05, 0.1) is 12.6 Å². The van der Waals surface area contributed by atoms with Gasteiger partial charge in [-0.05, 0) is 43.9 Å². The molecule has 0 radical (unpaired) electrons. The Labute approximate surface area is 138 Å². The van der Waals surface area contributed by atoms with E-state index in [9.17, 15) is 9.90 Å². The van der Waals surface area contributed by atoms with Crippen molar-refractivity contribution in [1.29, 1.82) is 0 Å². The van der Waals surface area contributed by atoms with Gasteiger partial charge in [0, 0.05) is 31.9 Å². The second-order valence-corrected chi connectivity index (χ2v) is 6.74. The molecule has 1 aromatic rings. The zero-order valence-corrected chi connectivity index (χ0v) is 13.9. The minimum atomic E-state index is -0.279. The van der Waals surface area contributed by atoms with Crippen molar-refractivity contribution < 1.29 is 9.90 Å². The highest BCUT2D eigenvalue weighted by molar-refractivity contribution is 5.78. The minimum Gasteiger partial charge on any atom is -0.393 e. The van der Waals surface area contributed by atoms with Crippen molar-refractivity contribution in [3.63, 3.8) is 0 Å². The Bertz CT molecular complexity index is 547. The number of benzene rings is 1. The van der Waals surface area contributed by atoms with Crippen molar-refractivity contribution in [3.8, 4) is 0 Å². The monoisotopic (exact) mass is 317 g/mol. The quantitative estimate of drug-likeness (QED) is 0.817. The molecule has 1 saturated heterocycles. The van der Waals surface area contributed by atoms with E-state index in [1.54, 1.807) is 0 Å². The van der Waals surface area contributed by atoms with Crippen molar-refractivity contribution in [2.24, 2.45) is 5.92 Å². The van der Waals surface area contributed by atoms with Crippen LogP contribution in [0.4, 0.5) is 5.69 Å². The van der Waals surface area contributed by atoms with Gasteiger partial charge in [0.25, 0.3) is 0 Å². The molecule has 0 saturated carbocycles. The molecule has 0 bridgehead atoms. The van der Waals surface area contributed by atoms with Gasteiger partial charge in [-0.1, -0.05) is 18.2 Å². The van der Waals surface area contributed by atoms with E-state index in [-0.39, 0.29) is 12.0 Å². The zero-order valence-electron chi connectivity index (χ0n) is 13.9. The van der Waals surface area contributed by atoms with Crippen molar-refractivity contribution in [2.45, 2.75) is 25.9 Å². The number of hydrogen-bond donors (Lipinski definition) is 2. The SMILES string of the molecule is CC(O)C1CCN(CC(=O)NCCN2CCc3ccccc32)C1. The number of carbonyl (C=O) groups is 1. The first kappa shape index (κ1) is 16.3. The molecule has 2 heterocycles. The molecule has 1 fully saturated rings. The number of aliphatic hydroxyl groups is 1. The van der Waals surface area contributed by atoms with Crippen LogP contribution >= 0.6 is 0 Å². The lowest BCUT2D eigenvalue weighted by Crippen LogP contribution is -2.40. The fraction of sp³-hybridized carbons (Fsp3) is 0.611. The Balaban J connectivity index is 1.38. The van der Waals surface area contributed by atoms with Gasteiger partial charge < -0.3 is 15.3 Å². The highest BCUT2D eigenvalue weighted by Gasteiger charge is 2.27. The first-order valence-corrected chi connectivity index (χ1v) is 8.63. The molecule has 2 atom stereocenters. The molecule has 3 rings (SSSR count). The summed E-state index contributed by atoms with van der Waals surface area (Å²) in [6, 6.07) is 8.49. The smallest absolute Gasteiger partial charge is 0.234 e. The summed E-state index contributed by atoms with van der Waals surface area (Å²) in [5, 5.41) is 12.6. The van der Waals surface area contributed by atoms with E-state index in [0.29, 0.717) is 19.0 Å². The van der Waals surface area contributed by atoms with E-state index in [2.05, 4.69) is 39.4 Å². The number of nitrogens with zero attached hydrogens (tertiary/aromatic N) is 2. The van der Waals surface area contributed by atoms with Crippen LogP contribution in [0.5, 0.6) is 0 Å². The third kappa shape index (κ3) is 4.03. The van der Waals surface area contributed by atoms with Gasteiger partial charge in [0.1, 0.15) is 0 Å². The van der Waals surface area contributed by atoms with E-state index in [4.69, 9.17) is 0 Å². The molecule has 2 unspecified atom stereocenters. The molecule has 2 aliphatic heterocycles. The Morgan fingerprint density at radius 3 is 3.00 bits per heavy atom. The number of amides is 1. The van der Waals surface area contributed by atoms with Crippen molar-refractivity contribution in [2.75, 3.05) is 44.2 Å². The van der Waals surface area contributed by atoms with Gasteiger partial charge in [-0.15, -0.1) is 0 Å². The van der Waals surface area contributed by atoms with Gasteiger partial charge >= 0.3 is 0 Å². The van der Waals surface area contributed by atoms with Crippen LogP contribution in [-0.4, -0.2) is 61.3 Å². The molecule has 0 aromatic heterocycles. The Morgan fingerprint density at radius 1 is 1.39 bits per heavy atom. The molecule has 1 aromatic carbocycles. The molecule has 0 aliphatic carbocycles. The second kappa shape index (κ2) is 7.32. The molecular formula is C18H27N3O2. The van der Waals surface area contributed by atoms with Crippen LogP contribution in [0, 0.1) is 5.92 Å². The molecule has 2 aliphatic rings. The molecule has 2 N–H and O–H groups in total. The topological polar surface area (TPSA) is 55.8 Å². The van der Waals surface area contributed by atoms with Crippen LogP contribution in [0.2, 0.25) is 0 Å². The predicted molar refractivity (Wildman–Crippen MR) is 91.6 cm³/mol. The van der Waals surface area contributed by atoms with Gasteiger partial charge in [0.15, 0.2) is 0 Å². The average molecular weight is 317 g/mol. The number of anilines is 1. The highest BCUT2D eigenvalue weighted by Crippen LogP contribution is 2.26. The van der Waals surface area contributed by atoms with Gasteiger partial charge in [0.2, 0.25) is 5.91 Å². The molecule has 5 nitrogen and oxygen atoms in total. The minimum absolute atomic E-state index is 0.0868. The van der Waals surface area contributed by atoms with E-state index in [1.165, 1.54) is 11.3 Å². The van der Waals surface area contributed by atoms with E-state index in [1.807, 2.05) is 6.92 Å². The summed E-state index contributed by atoms with van der Waals surface area (Å²) < 4.78 is 0. The number of rotatable bonds is 6. The van der Waals surface area contributed by atoms with Crippen LogP contribution in [0.1, 0.15) is 18.9 Å². The Hall–Kier alpha value is -1.59. The molecular weight excluding hydrogens is 290 g/mol. The number of para-hydroxylation sites is 1. The standard InChI is InChI=1S/C18H27N3O2/c1-14(22)16-6-9-20(12-16)13-18(23)19-8-11-21-10-7-15-4-2-3-5-17(15)21/h2-5,14,16,22H,6-13H2,1H3,(H,19,23). The Morgan fingerprint density at radius 2 is 2.22 bits per heavy atom. The number of aliphatic hydroxyl groups excluding tert-OH is 1. The molecule has 126 valence electrons. The van der Waals surface area contributed by atoms with Crippen molar-refractivity contribution in [3.05, 3.63) is 29.8 Å². The summed E-state index contributed by atoms with van der Waals surface area (Å²) >= 11 is 0. The summed E-state index contributed by atoms with van der Waals surface area (Å²) in [5.74, 6) is 0.396. The maximum atomic E-state index is 12.1. The van der Waals surface area contributed by atoms with Crippen molar-refractivity contribution >= 4 is 11.6 Å². The molecule has 23 heavy (non-hydrogen) atoms. The first-order valence-electron chi connectivity index (χ1n) is 8.63. The maximum Gasteiger partial charge on any atom is 0.234 e. The molecule has 0 spiro atoms. The van der Waals surface area contributed by atoms with Crippen LogP contribution in [0.15, 0.2) is 24.3 Å². The van der Waals surface area contributed by atoms with Crippen LogP contribution in [-0.2, 0) is 11.2 Å². The predicted octanol–water partition coefficient (Wildman–Crippen LogP) is 0.868. The van der Waals surface area contributed by atoms with Crippen LogP contribution < -0.4 is 10.2 Å². The first-order chi connectivity index (χ1) is 11.1. The highest BCUT2D eigenvalue weighted by atomic mass is 16.3. The van der Waals surface area contributed by atoms with Gasteiger partial charge in [-0.25, -0.2) is 0 Å². The largest absolute Gasteiger partial charge is 0.393 e. The fourth-order valence-corrected chi connectivity index (χ4v) is 3.63. The average Bonchev–Trinajstić information content (AvgIpc) is 3.15. The number of fused-ring (bicyclic) bond motifs is 1. The number of likely N-dealkylation sites (tertiary alicyclic amines) is 1. The second-order valence-electron chi connectivity index (χ2n) is 6.74. The molecule has 1 amide bonds. The van der Waals surface area contributed by atoms with Crippen molar-refractivity contribution in [1.82, 2.24) is 10.2 Å². The lowest BCUT2D eigenvalue weighted by molar-refractivity contribution is -0.122. The third-order valence-electron chi connectivity index (χ3n) is 5.05. The maximum absolute atomic E-state index is 12.1. The lowest BCUT2D eigenvalue weighted by atomic mass is 10.0. The summed E-state index contributed by atoms with van der Waals surface area (Å²) in [7, 11) is 0.